The number of hydrogen-bond donors (Lipinski definition) is 0. The molecule has 0 saturated heterocycles. The smallest absolute Gasteiger partial charge is 0.289 e. The summed E-state index contributed by atoms with van der Waals surface area (Å²) in [6, 6.07) is 0. The maximum Gasteiger partial charge on any atom is 0.426 e. The Labute approximate surface area is 110 Å². The average molecular weight is 326 g/mol. The molecule has 1 aromatic heterocycles. The summed E-state index contributed by atoms with van der Waals surface area (Å²) in [7, 11) is 0. The molecular formula is C11H11BrF3NS. The summed E-state index contributed by atoms with van der Waals surface area (Å²) in [5.41, 5.74) is 1.42. The maximum absolute atomic E-state index is 12.7. The standard InChI is InChI=1S/C11H11BrF3NS/c12-9-7(6-17-10(9)11(13,14)15)8-4-2-1-3-5-16-8/h6H,1-5H2. The molecular weight excluding hydrogens is 315 g/mol. The molecule has 0 fully saturated rings. The first-order valence-corrected chi connectivity index (χ1v) is 7.05. The van der Waals surface area contributed by atoms with Crippen molar-refractivity contribution < 1.29 is 13.2 Å². The molecule has 1 aliphatic heterocycles. The molecule has 2 rings (SSSR count). The van der Waals surface area contributed by atoms with Crippen LogP contribution in [0.5, 0.6) is 0 Å². The van der Waals surface area contributed by atoms with E-state index >= 15 is 0 Å². The van der Waals surface area contributed by atoms with Gasteiger partial charge in [0.1, 0.15) is 4.88 Å². The summed E-state index contributed by atoms with van der Waals surface area (Å²) in [5, 5.41) is 1.55. The van der Waals surface area contributed by atoms with Gasteiger partial charge < -0.3 is 0 Å². The van der Waals surface area contributed by atoms with Gasteiger partial charge in [-0.25, -0.2) is 0 Å². The molecule has 1 aliphatic rings. The zero-order valence-electron chi connectivity index (χ0n) is 8.98. The van der Waals surface area contributed by atoms with Gasteiger partial charge in [-0.15, -0.1) is 11.3 Å². The highest BCUT2D eigenvalue weighted by atomic mass is 79.9. The van der Waals surface area contributed by atoms with Crippen LogP contribution in [0.25, 0.3) is 0 Å². The molecule has 94 valence electrons. The SMILES string of the molecule is FC(F)(F)c1scc(C2=NCCCCC2)c1Br. The van der Waals surface area contributed by atoms with Gasteiger partial charge in [-0.05, 0) is 35.2 Å². The molecule has 2 heterocycles. The quantitative estimate of drug-likeness (QED) is 0.697. The Morgan fingerprint density at radius 1 is 1.24 bits per heavy atom. The average Bonchev–Trinajstić information content (AvgIpc) is 2.50. The lowest BCUT2D eigenvalue weighted by atomic mass is 10.1. The number of aliphatic imine (C=N–C) groups is 1. The lowest BCUT2D eigenvalue weighted by Crippen LogP contribution is -2.05. The van der Waals surface area contributed by atoms with Crippen LogP contribution in [0.1, 0.15) is 36.1 Å². The summed E-state index contributed by atoms with van der Waals surface area (Å²) in [6.07, 6.45) is -0.388. The van der Waals surface area contributed by atoms with Crippen molar-refractivity contribution in [3.8, 4) is 0 Å². The van der Waals surface area contributed by atoms with Gasteiger partial charge in [0, 0.05) is 27.7 Å². The first-order chi connectivity index (χ1) is 8.00. The zero-order valence-corrected chi connectivity index (χ0v) is 11.4. The minimum Gasteiger partial charge on any atom is -0.289 e. The summed E-state index contributed by atoms with van der Waals surface area (Å²) < 4.78 is 38.1. The van der Waals surface area contributed by atoms with Crippen molar-refractivity contribution in [1.82, 2.24) is 0 Å². The van der Waals surface area contributed by atoms with E-state index in [0.29, 0.717) is 5.56 Å². The predicted molar refractivity (Wildman–Crippen MR) is 66.9 cm³/mol. The van der Waals surface area contributed by atoms with Crippen molar-refractivity contribution in [2.75, 3.05) is 6.54 Å². The molecule has 0 saturated carbocycles. The fourth-order valence-corrected chi connectivity index (χ4v) is 3.66. The van der Waals surface area contributed by atoms with E-state index in [9.17, 15) is 13.2 Å². The molecule has 0 N–H and O–H groups in total. The Bertz CT molecular complexity index is 436. The molecule has 17 heavy (non-hydrogen) atoms. The molecule has 0 unspecified atom stereocenters. The normalized spacial score (nSPS) is 17.8. The minimum atomic E-state index is -4.28. The molecule has 0 spiro atoms. The summed E-state index contributed by atoms with van der Waals surface area (Å²) in [6.45, 7) is 0.721. The van der Waals surface area contributed by atoms with Crippen molar-refractivity contribution in [2.24, 2.45) is 4.99 Å². The number of alkyl halides is 3. The van der Waals surface area contributed by atoms with Crippen molar-refractivity contribution >= 4 is 33.0 Å². The van der Waals surface area contributed by atoms with Crippen LogP contribution < -0.4 is 0 Å². The number of nitrogens with zero attached hydrogens (tertiary/aromatic N) is 1. The van der Waals surface area contributed by atoms with Gasteiger partial charge in [-0.1, -0.05) is 6.42 Å². The van der Waals surface area contributed by atoms with Gasteiger partial charge in [-0.3, -0.25) is 4.99 Å². The largest absolute Gasteiger partial charge is 0.426 e. The summed E-state index contributed by atoms with van der Waals surface area (Å²) in [5.74, 6) is 0. The Hall–Kier alpha value is -0.360. The zero-order chi connectivity index (χ0) is 12.5. The Kier molecular flexibility index (Phi) is 3.92. The highest BCUT2D eigenvalue weighted by Gasteiger charge is 2.36. The van der Waals surface area contributed by atoms with Gasteiger partial charge >= 0.3 is 6.18 Å². The molecule has 1 nitrogen and oxygen atoms in total. The number of halogens is 4. The van der Waals surface area contributed by atoms with Gasteiger partial charge in [-0.2, -0.15) is 13.2 Å². The van der Waals surface area contributed by atoms with Crippen LogP contribution in [0.15, 0.2) is 14.8 Å². The molecule has 0 radical (unpaired) electrons. The van der Waals surface area contributed by atoms with Crippen LogP contribution in [0.2, 0.25) is 0 Å². The van der Waals surface area contributed by atoms with Gasteiger partial charge in [0.2, 0.25) is 0 Å². The van der Waals surface area contributed by atoms with Crippen molar-refractivity contribution in [2.45, 2.75) is 31.9 Å². The van der Waals surface area contributed by atoms with Crippen LogP contribution in [0.4, 0.5) is 13.2 Å². The van der Waals surface area contributed by atoms with E-state index in [1.54, 1.807) is 5.38 Å². The Morgan fingerprint density at radius 3 is 2.65 bits per heavy atom. The first kappa shape index (κ1) is 13.1. The van der Waals surface area contributed by atoms with E-state index in [0.717, 1.165) is 49.3 Å². The highest BCUT2D eigenvalue weighted by Crippen LogP contribution is 2.41. The van der Waals surface area contributed by atoms with Crippen molar-refractivity contribution in [3.63, 3.8) is 0 Å². The van der Waals surface area contributed by atoms with Crippen LogP contribution >= 0.6 is 27.3 Å². The lowest BCUT2D eigenvalue weighted by Gasteiger charge is -2.06. The number of thiophene rings is 1. The van der Waals surface area contributed by atoms with Crippen LogP contribution in [0.3, 0.4) is 0 Å². The monoisotopic (exact) mass is 325 g/mol. The van der Waals surface area contributed by atoms with E-state index in [1.807, 2.05) is 0 Å². The molecule has 1 aromatic rings. The Morgan fingerprint density at radius 2 is 2.00 bits per heavy atom. The van der Waals surface area contributed by atoms with Gasteiger partial charge in [0.05, 0.1) is 0 Å². The molecule has 0 amide bonds. The highest BCUT2D eigenvalue weighted by molar-refractivity contribution is 9.10. The van der Waals surface area contributed by atoms with Crippen LogP contribution in [-0.4, -0.2) is 12.3 Å². The second kappa shape index (κ2) is 5.10. The molecule has 0 aliphatic carbocycles. The third-order valence-corrected chi connectivity index (χ3v) is 4.78. The van der Waals surface area contributed by atoms with Crippen molar-refractivity contribution in [1.29, 1.82) is 0 Å². The van der Waals surface area contributed by atoms with E-state index in [1.165, 1.54) is 0 Å². The van der Waals surface area contributed by atoms with Crippen LogP contribution in [0, 0.1) is 0 Å². The molecule has 0 bridgehead atoms. The third kappa shape index (κ3) is 2.91. The molecule has 0 aromatic carbocycles. The fraction of sp³-hybridized carbons (Fsp3) is 0.545. The first-order valence-electron chi connectivity index (χ1n) is 5.38. The summed E-state index contributed by atoms with van der Waals surface area (Å²) in [4.78, 5) is 3.81. The van der Waals surface area contributed by atoms with Gasteiger partial charge in [0.15, 0.2) is 0 Å². The number of rotatable bonds is 1. The van der Waals surface area contributed by atoms with Crippen LogP contribution in [-0.2, 0) is 6.18 Å². The van der Waals surface area contributed by atoms with E-state index in [-0.39, 0.29) is 4.47 Å². The lowest BCUT2D eigenvalue weighted by molar-refractivity contribution is -0.134. The number of hydrogen-bond acceptors (Lipinski definition) is 2. The van der Waals surface area contributed by atoms with Gasteiger partial charge in [0.25, 0.3) is 0 Å². The second-order valence-corrected chi connectivity index (χ2v) is 5.60. The van der Waals surface area contributed by atoms with Crippen molar-refractivity contribution in [3.05, 3.63) is 20.3 Å². The molecule has 0 atom stereocenters. The minimum absolute atomic E-state index is 0.149. The topological polar surface area (TPSA) is 12.4 Å². The fourth-order valence-electron chi connectivity index (χ4n) is 1.82. The Balaban J connectivity index is 2.33. The third-order valence-electron chi connectivity index (χ3n) is 2.67. The maximum atomic E-state index is 12.7. The van der Waals surface area contributed by atoms with E-state index in [4.69, 9.17) is 0 Å². The van der Waals surface area contributed by atoms with E-state index < -0.39 is 11.1 Å². The second-order valence-electron chi connectivity index (χ2n) is 3.93. The summed E-state index contributed by atoms with van der Waals surface area (Å²) >= 11 is 3.79. The predicted octanol–water partition coefficient (Wildman–Crippen LogP) is 4.89. The molecule has 6 heteroatoms. The van der Waals surface area contributed by atoms with E-state index in [2.05, 4.69) is 20.9 Å².